The highest BCUT2D eigenvalue weighted by Gasteiger charge is 2.23. The van der Waals surface area contributed by atoms with Crippen LogP contribution < -0.4 is 15.5 Å². The minimum atomic E-state index is -0.591. The van der Waals surface area contributed by atoms with Crippen LogP contribution in [0.1, 0.15) is 5.56 Å². The van der Waals surface area contributed by atoms with Crippen LogP contribution >= 0.6 is 23.4 Å². The second kappa shape index (κ2) is 9.36. The summed E-state index contributed by atoms with van der Waals surface area (Å²) in [6.45, 7) is 0.592. The highest BCUT2D eigenvalue weighted by molar-refractivity contribution is 7.99. The molecule has 3 amide bonds. The number of fused-ring (bicyclic) bond motifs is 1. The van der Waals surface area contributed by atoms with Gasteiger partial charge in [-0.1, -0.05) is 23.7 Å². The van der Waals surface area contributed by atoms with Crippen LogP contribution in [0.3, 0.4) is 0 Å². The standard InChI is InChI=1S/C22H18ClFN4O2S/c23-15-5-8-18(17(24)13-15)27-20(29)12-14-3-6-16(7-4-14)26-22(30)28-10-11-31-21-19(28)2-1-9-25-21/h1-9,13H,10-12H2,(H,26,30)(H,27,29). The largest absolute Gasteiger partial charge is 0.326 e. The molecule has 2 heterocycles. The maximum absolute atomic E-state index is 13.8. The van der Waals surface area contributed by atoms with E-state index < -0.39 is 5.82 Å². The molecule has 0 unspecified atom stereocenters. The van der Waals surface area contributed by atoms with Gasteiger partial charge in [0.25, 0.3) is 0 Å². The number of pyridine rings is 1. The summed E-state index contributed by atoms with van der Waals surface area (Å²) in [5.74, 6) is -0.167. The van der Waals surface area contributed by atoms with E-state index in [4.69, 9.17) is 11.6 Å². The van der Waals surface area contributed by atoms with Gasteiger partial charge in [0.15, 0.2) is 0 Å². The van der Waals surface area contributed by atoms with Crippen molar-refractivity contribution in [3.8, 4) is 0 Å². The van der Waals surface area contributed by atoms with Crippen molar-refractivity contribution in [1.82, 2.24) is 4.98 Å². The maximum atomic E-state index is 13.8. The van der Waals surface area contributed by atoms with Crippen LogP contribution in [0, 0.1) is 5.82 Å². The van der Waals surface area contributed by atoms with Crippen LogP contribution in [0.4, 0.5) is 26.2 Å². The normalized spacial score (nSPS) is 12.8. The molecular formula is C22H18ClFN4O2S. The lowest BCUT2D eigenvalue weighted by Crippen LogP contribution is -2.38. The van der Waals surface area contributed by atoms with Crippen molar-refractivity contribution in [2.45, 2.75) is 11.4 Å². The Labute approximate surface area is 187 Å². The van der Waals surface area contributed by atoms with Crippen molar-refractivity contribution < 1.29 is 14.0 Å². The van der Waals surface area contributed by atoms with Gasteiger partial charge >= 0.3 is 6.03 Å². The van der Waals surface area contributed by atoms with Crippen LogP contribution in [0.15, 0.2) is 65.8 Å². The number of aromatic nitrogens is 1. The number of urea groups is 1. The second-order valence-electron chi connectivity index (χ2n) is 6.80. The fourth-order valence-electron chi connectivity index (χ4n) is 3.13. The predicted molar refractivity (Wildman–Crippen MR) is 122 cm³/mol. The van der Waals surface area contributed by atoms with Gasteiger partial charge in [0, 0.05) is 29.2 Å². The Morgan fingerprint density at radius 2 is 1.94 bits per heavy atom. The zero-order valence-electron chi connectivity index (χ0n) is 16.3. The van der Waals surface area contributed by atoms with E-state index in [0.717, 1.165) is 28.1 Å². The molecule has 1 aromatic heterocycles. The molecule has 0 fully saturated rings. The summed E-state index contributed by atoms with van der Waals surface area (Å²) in [6.07, 6.45) is 1.78. The van der Waals surface area contributed by atoms with E-state index in [2.05, 4.69) is 15.6 Å². The topological polar surface area (TPSA) is 74.3 Å². The monoisotopic (exact) mass is 456 g/mol. The molecule has 0 aliphatic carbocycles. The number of hydrogen-bond donors (Lipinski definition) is 2. The van der Waals surface area contributed by atoms with Gasteiger partial charge in [0.2, 0.25) is 5.91 Å². The number of thioether (sulfide) groups is 1. The van der Waals surface area contributed by atoms with E-state index in [-0.39, 0.29) is 29.1 Å². The molecule has 1 aliphatic rings. The minimum Gasteiger partial charge on any atom is -0.323 e. The lowest BCUT2D eigenvalue weighted by molar-refractivity contribution is -0.115. The molecule has 2 N–H and O–H groups in total. The smallest absolute Gasteiger partial charge is 0.323 e. The zero-order chi connectivity index (χ0) is 21.8. The molecule has 3 aromatic rings. The first-order valence-electron chi connectivity index (χ1n) is 9.50. The molecule has 1 aliphatic heterocycles. The number of amides is 3. The van der Waals surface area contributed by atoms with Gasteiger partial charge in [-0.2, -0.15) is 0 Å². The van der Waals surface area contributed by atoms with Crippen LogP contribution in [0.5, 0.6) is 0 Å². The fourth-order valence-corrected chi connectivity index (χ4v) is 4.22. The third kappa shape index (κ3) is 5.15. The number of carbonyl (C=O) groups is 2. The molecular weight excluding hydrogens is 439 g/mol. The summed E-state index contributed by atoms with van der Waals surface area (Å²) >= 11 is 7.34. The lowest BCUT2D eigenvalue weighted by atomic mass is 10.1. The van der Waals surface area contributed by atoms with E-state index in [1.54, 1.807) is 53.2 Å². The second-order valence-corrected chi connectivity index (χ2v) is 8.32. The summed E-state index contributed by atoms with van der Waals surface area (Å²) in [5.41, 5.74) is 2.21. The van der Waals surface area contributed by atoms with Gasteiger partial charge in [-0.3, -0.25) is 9.69 Å². The van der Waals surface area contributed by atoms with E-state index in [1.165, 1.54) is 12.1 Å². The number of hydrogen-bond acceptors (Lipinski definition) is 4. The SMILES string of the molecule is O=C(Cc1ccc(NC(=O)N2CCSc3ncccc32)cc1)Nc1ccc(Cl)cc1F. The first-order chi connectivity index (χ1) is 15.0. The van der Waals surface area contributed by atoms with Crippen LogP contribution in [0.2, 0.25) is 5.02 Å². The molecule has 31 heavy (non-hydrogen) atoms. The molecule has 0 spiro atoms. The van der Waals surface area contributed by atoms with Gasteiger partial charge in [-0.15, -0.1) is 11.8 Å². The number of benzene rings is 2. The molecule has 4 rings (SSSR count). The number of rotatable bonds is 4. The quantitative estimate of drug-likeness (QED) is 0.566. The molecule has 0 atom stereocenters. The fraction of sp³-hybridized carbons (Fsp3) is 0.136. The van der Waals surface area contributed by atoms with Crippen LogP contribution in [0.25, 0.3) is 0 Å². The predicted octanol–water partition coefficient (Wildman–Crippen LogP) is 5.20. The van der Waals surface area contributed by atoms with Crippen molar-refractivity contribution in [3.63, 3.8) is 0 Å². The highest BCUT2D eigenvalue weighted by Crippen LogP contribution is 2.32. The third-order valence-electron chi connectivity index (χ3n) is 4.62. The van der Waals surface area contributed by atoms with E-state index in [1.807, 2.05) is 6.07 Å². The summed E-state index contributed by atoms with van der Waals surface area (Å²) in [5, 5.41) is 6.50. The van der Waals surface area contributed by atoms with Crippen molar-refractivity contribution in [1.29, 1.82) is 0 Å². The minimum absolute atomic E-state index is 0.0681. The summed E-state index contributed by atoms with van der Waals surface area (Å²) in [4.78, 5) is 30.9. The molecule has 0 saturated heterocycles. The van der Waals surface area contributed by atoms with Crippen LogP contribution in [-0.2, 0) is 11.2 Å². The molecule has 6 nitrogen and oxygen atoms in total. The summed E-state index contributed by atoms with van der Waals surface area (Å²) in [6, 6.07) is 14.5. The van der Waals surface area contributed by atoms with Crippen molar-refractivity contribution in [2.24, 2.45) is 0 Å². The third-order valence-corrected chi connectivity index (χ3v) is 5.83. The van der Waals surface area contributed by atoms with Gasteiger partial charge in [-0.25, -0.2) is 14.2 Å². The number of carbonyl (C=O) groups excluding carboxylic acids is 2. The summed E-state index contributed by atoms with van der Waals surface area (Å²) in [7, 11) is 0. The Bertz CT molecular complexity index is 1130. The van der Waals surface area contributed by atoms with Gasteiger partial charge < -0.3 is 10.6 Å². The molecule has 158 valence electrons. The highest BCUT2D eigenvalue weighted by atomic mass is 35.5. The Balaban J connectivity index is 1.36. The lowest BCUT2D eigenvalue weighted by Gasteiger charge is -2.28. The van der Waals surface area contributed by atoms with Gasteiger partial charge in [0.1, 0.15) is 10.8 Å². The number of nitrogens with one attached hydrogen (secondary N) is 2. The number of nitrogens with zero attached hydrogens (tertiary/aromatic N) is 2. The maximum Gasteiger partial charge on any atom is 0.326 e. The molecule has 2 aromatic carbocycles. The Kier molecular flexibility index (Phi) is 6.39. The van der Waals surface area contributed by atoms with Crippen molar-refractivity contribution in [3.05, 3.63) is 77.2 Å². The van der Waals surface area contributed by atoms with Gasteiger partial charge in [-0.05, 0) is 48.0 Å². The Morgan fingerprint density at radius 3 is 2.71 bits per heavy atom. The number of halogens is 2. The summed E-state index contributed by atoms with van der Waals surface area (Å²) < 4.78 is 13.8. The van der Waals surface area contributed by atoms with E-state index >= 15 is 0 Å². The first-order valence-corrected chi connectivity index (χ1v) is 10.9. The van der Waals surface area contributed by atoms with E-state index in [0.29, 0.717) is 12.2 Å². The zero-order valence-corrected chi connectivity index (χ0v) is 17.8. The first kappa shape index (κ1) is 21.1. The molecule has 0 bridgehead atoms. The van der Waals surface area contributed by atoms with Crippen LogP contribution in [-0.4, -0.2) is 29.2 Å². The Morgan fingerprint density at radius 1 is 1.13 bits per heavy atom. The molecule has 9 heteroatoms. The number of anilines is 3. The van der Waals surface area contributed by atoms with Crippen molar-refractivity contribution in [2.75, 3.05) is 27.8 Å². The van der Waals surface area contributed by atoms with Crippen molar-refractivity contribution >= 4 is 52.4 Å². The average Bonchev–Trinajstić information content (AvgIpc) is 2.76. The van der Waals surface area contributed by atoms with E-state index in [9.17, 15) is 14.0 Å². The van der Waals surface area contributed by atoms with Gasteiger partial charge in [0.05, 0.1) is 17.8 Å². The average molecular weight is 457 g/mol. The molecule has 0 radical (unpaired) electrons. The Hall–Kier alpha value is -3.10. The molecule has 0 saturated carbocycles.